The van der Waals surface area contributed by atoms with Crippen molar-refractivity contribution in [2.24, 2.45) is 0 Å². The van der Waals surface area contributed by atoms with E-state index in [1.54, 1.807) is 16.7 Å². The van der Waals surface area contributed by atoms with E-state index in [-0.39, 0.29) is 23.0 Å². The highest BCUT2D eigenvalue weighted by Crippen LogP contribution is 2.34. The molecule has 1 aromatic carbocycles. The third-order valence-electron chi connectivity index (χ3n) is 5.41. The number of aromatic nitrogens is 1. The molecule has 3 aromatic rings. The Hall–Kier alpha value is -2.71. The number of pyridine rings is 1. The number of hydrogen-bond donors (Lipinski definition) is 0. The molecule has 3 heterocycles. The largest absolute Gasteiger partial charge is 0.423 e. The van der Waals surface area contributed by atoms with Crippen LogP contribution in [0.3, 0.4) is 0 Å². The fourth-order valence-corrected chi connectivity index (χ4v) is 5.18. The van der Waals surface area contributed by atoms with Crippen molar-refractivity contribution in [2.45, 2.75) is 36.7 Å². The van der Waals surface area contributed by atoms with E-state index in [9.17, 15) is 18.0 Å². The Kier molecular flexibility index (Phi) is 3.82. The molecule has 0 spiro atoms. The van der Waals surface area contributed by atoms with Crippen LogP contribution in [0.5, 0.6) is 0 Å². The molecule has 0 N–H and O–H groups in total. The topological polar surface area (TPSA) is 89.6 Å². The van der Waals surface area contributed by atoms with Crippen LogP contribution in [0.2, 0.25) is 0 Å². The average molecular weight is 398 g/mol. The van der Waals surface area contributed by atoms with Gasteiger partial charge in [0.05, 0.1) is 4.90 Å². The van der Waals surface area contributed by atoms with Gasteiger partial charge < -0.3 is 8.98 Å². The summed E-state index contributed by atoms with van der Waals surface area (Å²) in [5, 5.41) is 0.556. The van der Waals surface area contributed by atoms with Gasteiger partial charge >= 0.3 is 5.63 Å². The van der Waals surface area contributed by atoms with Crippen molar-refractivity contribution < 1.29 is 12.8 Å². The lowest BCUT2D eigenvalue weighted by atomic mass is 10.0. The Morgan fingerprint density at radius 3 is 2.61 bits per heavy atom. The number of fused-ring (bicyclic) bond motifs is 2. The normalized spacial score (nSPS) is 17.6. The predicted octanol–water partition coefficient (Wildman–Crippen LogP) is 2.04. The summed E-state index contributed by atoms with van der Waals surface area (Å²) in [6.45, 7) is 0.566. The zero-order valence-corrected chi connectivity index (χ0v) is 15.8. The number of sulfonamides is 1. The van der Waals surface area contributed by atoms with Crippen LogP contribution in [0.15, 0.2) is 61.5 Å². The maximum Gasteiger partial charge on any atom is 0.336 e. The standard InChI is InChI=1S/C20H18N2O5S/c23-19-10-13-7-8-21(11-15(13)12-22(19)16-2-3-16)28(25,26)17-4-5-18-14(9-17)1-6-20(24)27-18/h1,4-6,9-10,12,16H,2-3,7-8,11H2. The summed E-state index contributed by atoms with van der Waals surface area (Å²) in [4.78, 5) is 23.7. The molecule has 2 aromatic heterocycles. The Labute approximate surface area is 160 Å². The van der Waals surface area contributed by atoms with Gasteiger partial charge in [-0.1, -0.05) is 0 Å². The number of rotatable bonds is 3. The second-order valence-corrected chi connectivity index (χ2v) is 9.28. The van der Waals surface area contributed by atoms with E-state index in [2.05, 4.69) is 0 Å². The lowest BCUT2D eigenvalue weighted by Gasteiger charge is -2.28. The molecule has 0 radical (unpaired) electrons. The highest BCUT2D eigenvalue weighted by molar-refractivity contribution is 7.89. The average Bonchev–Trinajstić information content (AvgIpc) is 3.51. The van der Waals surface area contributed by atoms with Crippen molar-refractivity contribution >= 4 is 21.0 Å². The first kappa shape index (κ1) is 17.4. The summed E-state index contributed by atoms with van der Waals surface area (Å²) in [6.07, 6.45) is 4.33. The molecule has 8 heteroatoms. The lowest BCUT2D eigenvalue weighted by Crippen LogP contribution is -2.37. The van der Waals surface area contributed by atoms with Gasteiger partial charge in [-0.15, -0.1) is 0 Å². The second kappa shape index (κ2) is 6.15. The van der Waals surface area contributed by atoms with Crippen molar-refractivity contribution in [3.8, 4) is 0 Å². The molecule has 1 fully saturated rings. The number of benzene rings is 1. The van der Waals surface area contributed by atoms with Gasteiger partial charge in [-0.25, -0.2) is 13.2 Å². The van der Waals surface area contributed by atoms with Crippen LogP contribution < -0.4 is 11.2 Å². The molecule has 2 aliphatic rings. The van der Waals surface area contributed by atoms with Gasteiger partial charge in [-0.2, -0.15) is 4.31 Å². The molecule has 0 bridgehead atoms. The molecule has 144 valence electrons. The molecule has 1 aliphatic carbocycles. The van der Waals surface area contributed by atoms with Gasteiger partial charge in [0.2, 0.25) is 10.0 Å². The first-order chi connectivity index (χ1) is 13.4. The van der Waals surface area contributed by atoms with Crippen molar-refractivity contribution in [1.82, 2.24) is 8.87 Å². The molecule has 7 nitrogen and oxygen atoms in total. The summed E-state index contributed by atoms with van der Waals surface area (Å²) in [5.74, 6) is 0. The molecule has 1 aliphatic heterocycles. The summed E-state index contributed by atoms with van der Waals surface area (Å²) in [7, 11) is -3.71. The van der Waals surface area contributed by atoms with Gasteiger partial charge in [0.15, 0.2) is 0 Å². The first-order valence-electron chi connectivity index (χ1n) is 9.20. The Morgan fingerprint density at radius 1 is 1.00 bits per heavy atom. The van der Waals surface area contributed by atoms with Gasteiger partial charge in [0.25, 0.3) is 5.56 Å². The van der Waals surface area contributed by atoms with E-state index in [1.165, 1.54) is 28.6 Å². The van der Waals surface area contributed by atoms with Crippen molar-refractivity contribution in [1.29, 1.82) is 0 Å². The summed E-state index contributed by atoms with van der Waals surface area (Å²) < 4.78 is 34.6. The van der Waals surface area contributed by atoms with Crippen LogP contribution in [0.25, 0.3) is 11.0 Å². The molecular weight excluding hydrogens is 380 g/mol. The smallest absolute Gasteiger partial charge is 0.336 e. The summed E-state index contributed by atoms with van der Waals surface area (Å²) >= 11 is 0. The Bertz CT molecular complexity index is 1320. The van der Waals surface area contributed by atoms with E-state index < -0.39 is 15.6 Å². The van der Waals surface area contributed by atoms with Gasteiger partial charge in [0.1, 0.15) is 5.58 Å². The summed E-state index contributed by atoms with van der Waals surface area (Å²) in [5.41, 5.74) is 1.68. The van der Waals surface area contributed by atoms with E-state index in [0.29, 0.717) is 23.9 Å². The van der Waals surface area contributed by atoms with Crippen LogP contribution in [-0.4, -0.2) is 23.8 Å². The maximum absolute atomic E-state index is 13.2. The van der Waals surface area contributed by atoms with E-state index in [1.807, 2.05) is 6.20 Å². The molecule has 0 saturated heterocycles. The Balaban J connectivity index is 1.51. The van der Waals surface area contributed by atoms with Gasteiger partial charge in [0, 0.05) is 42.8 Å². The van der Waals surface area contributed by atoms with Crippen LogP contribution in [0.1, 0.15) is 30.0 Å². The number of hydrogen-bond acceptors (Lipinski definition) is 5. The molecular formula is C20H18N2O5S. The van der Waals surface area contributed by atoms with Crippen molar-refractivity contribution in [3.05, 3.63) is 74.5 Å². The second-order valence-electron chi connectivity index (χ2n) is 7.34. The maximum atomic E-state index is 13.2. The highest BCUT2D eigenvalue weighted by atomic mass is 32.2. The summed E-state index contributed by atoms with van der Waals surface area (Å²) in [6, 6.07) is 9.21. The quantitative estimate of drug-likeness (QED) is 0.630. The van der Waals surface area contributed by atoms with Crippen molar-refractivity contribution in [3.63, 3.8) is 0 Å². The van der Waals surface area contributed by atoms with Gasteiger partial charge in [-0.05, 0) is 54.7 Å². The van der Waals surface area contributed by atoms with Gasteiger partial charge in [-0.3, -0.25) is 4.79 Å². The lowest BCUT2D eigenvalue weighted by molar-refractivity contribution is 0.388. The highest BCUT2D eigenvalue weighted by Gasteiger charge is 2.31. The van der Waals surface area contributed by atoms with Crippen LogP contribution in [0.4, 0.5) is 0 Å². The zero-order chi connectivity index (χ0) is 19.5. The van der Waals surface area contributed by atoms with E-state index in [0.717, 1.165) is 24.0 Å². The molecule has 0 amide bonds. The molecule has 0 unspecified atom stereocenters. The molecule has 5 rings (SSSR count). The molecule has 28 heavy (non-hydrogen) atoms. The van der Waals surface area contributed by atoms with Crippen LogP contribution in [0, 0.1) is 0 Å². The first-order valence-corrected chi connectivity index (χ1v) is 10.6. The SMILES string of the molecule is O=c1ccc2cc(S(=O)(=O)N3CCc4cc(=O)n(C5CC5)cc4C3)ccc2o1. The molecule has 1 saturated carbocycles. The third-order valence-corrected chi connectivity index (χ3v) is 7.25. The predicted molar refractivity (Wildman–Crippen MR) is 103 cm³/mol. The third kappa shape index (κ3) is 2.89. The molecule has 0 atom stereocenters. The minimum absolute atomic E-state index is 0.00595. The van der Waals surface area contributed by atoms with E-state index >= 15 is 0 Å². The number of nitrogens with zero attached hydrogens (tertiary/aromatic N) is 2. The monoisotopic (exact) mass is 398 g/mol. The van der Waals surface area contributed by atoms with Crippen LogP contribution >= 0.6 is 0 Å². The minimum atomic E-state index is -3.71. The fraction of sp³-hybridized carbons (Fsp3) is 0.300. The Morgan fingerprint density at radius 2 is 1.82 bits per heavy atom. The zero-order valence-electron chi connectivity index (χ0n) is 15.0. The van der Waals surface area contributed by atoms with Crippen LogP contribution in [-0.2, 0) is 23.0 Å². The minimum Gasteiger partial charge on any atom is -0.423 e. The fourth-order valence-electron chi connectivity index (χ4n) is 3.72. The van der Waals surface area contributed by atoms with E-state index in [4.69, 9.17) is 4.42 Å². The van der Waals surface area contributed by atoms with Crippen molar-refractivity contribution in [2.75, 3.05) is 6.54 Å².